The van der Waals surface area contributed by atoms with E-state index in [9.17, 15) is 4.79 Å². The van der Waals surface area contributed by atoms with Gasteiger partial charge in [0.2, 0.25) is 0 Å². The first-order valence-electron chi connectivity index (χ1n) is 6.76. The van der Waals surface area contributed by atoms with Crippen molar-refractivity contribution in [3.63, 3.8) is 0 Å². The fraction of sp³-hybridized carbons (Fsp3) is 0.867. The molecule has 2 nitrogen and oxygen atoms in total. The zero-order valence-electron chi connectivity index (χ0n) is 13.2. The van der Waals surface area contributed by atoms with Gasteiger partial charge in [-0.2, -0.15) is 13.3 Å². The second kappa shape index (κ2) is 9.36. The molecule has 0 aromatic carbocycles. The third-order valence-electron chi connectivity index (χ3n) is 2.90. The Morgan fingerprint density at radius 1 is 1.17 bits per heavy atom. The summed E-state index contributed by atoms with van der Waals surface area (Å²) in [5.41, 5.74) is -0.324. The predicted molar refractivity (Wildman–Crippen MR) is 72.6 cm³/mol. The van der Waals surface area contributed by atoms with E-state index in [1.54, 1.807) is 0 Å². The van der Waals surface area contributed by atoms with Crippen LogP contribution in [-0.2, 0) is 42.2 Å². The minimum Gasteiger partial charge on any atom is -0.482 e. The summed E-state index contributed by atoms with van der Waals surface area (Å²) in [6.45, 7) is 14.6. The molecule has 0 aliphatic heterocycles. The van der Waals surface area contributed by atoms with Crippen LogP contribution in [0.1, 0.15) is 67.7 Å². The molecular weight excluding hydrogens is 301 g/mol. The van der Waals surface area contributed by atoms with Crippen LogP contribution >= 0.6 is 0 Å². The van der Waals surface area contributed by atoms with Crippen molar-refractivity contribution in [2.24, 2.45) is 11.8 Å². The van der Waals surface area contributed by atoms with Crippen LogP contribution in [-0.4, -0.2) is 11.6 Å². The van der Waals surface area contributed by atoms with Gasteiger partial charge >= 0.3 is 32.7 Å². The molecule has 0 N–H and O–H groups in total. The summed E-state index contributed by atoms with van der Waals surface area (Å²) in [4.78, 5) is 11.9. The van der Waals surface area contributed by atoms with Gasteiger partial charge in [0.1, 0.15) is 5.60 Å². The van der Waals surface area contributed by atoms with Crippen LogP contribution in [0.2, 0.25) is 0 Å². The third kappa shape index (κ3) is 8.53. The summed E-state index contributed by atoms with van der Waals surface area (Å²) in [6.07, 6.45) is 2.61. The molecule has 0 aromatic rings. The molecule has 0 bridgehead atoms. The summed E-state index contributed by atoms with van der Waals surface area (Å²) in [5.74, 6) is 1.75. The molecular formula is C15H29O2Y+2. The molecule has 18 heavy (non-hydrogen) atoms. The van der Waals surface area contributed by atoms with E-state index in [4.69, 9.17) is 4.74 Å². The topological polar surface area (TPSA) is 26.3 Å². The SMILES string of the molecule is CC[C-](C)C(=O)OC(C)(CC(C)C)CC(C)C.[Y+3]. The van der Waals surface area contributed by atoms with E-state index in [0.29, 0.717) is 11.8 Å². The summed E-state index contributed by atoms with van der Waals surface area (Å²) in [7, 11) is 0. The number of carbonyl (C=O) groups is 1. The van der Waals surface area contributed by atoms with Crippen LogP contribution in [0.15, 0.2) is 0 Å². The molecule has 0 aromatic heterocycles. The molecule has 0 rings (SSSR count). The van der Waals surface area contributed by atoms with Crippen molar-refractivity contribution in [1.82, 2.24) is 0 Å². The Hall–Kier alpha value is 0.444. The number of hydrogen-bond donors (Lipinski definition) is 0. The molecule has 0 saturated carbocycles. The van der Waals surface area contributed by atoms with Gasteiger partial charge in [0.25, 0.3) is 0 Å². The fourth-order valence-electron chi connectivity index (χ4n) is 2.35. The van der Waals surface area contributed by atoms with Gasteiger partial charge in [0.05, 0.1) is 0 Å². The van der Waals surface area contributed by atoms with E-state index in [1.807, 2.05) is 13.8 Å². The molecule has 0 amide bonds. The third-order valence-corrected chi connectivity index (χ3v) is 2.90. The van der Waals surface area contributed by atoms with E-state index in [1.165, 1.54) is 0 Å². The Morgan fingerprint density at radius 3 is 1.83 bits per heavy atom. The van der Waals surface area contributed by atoms with Crippen molar-refractivity contribution >= 4 is 5.97 Å². The number of hydrogen-bond acceptors (Lipinski definition) is 2. The molecule has 0 aliphatic carbocycles. The Morgan fingerprint density at radius 2 is 1.56 bits per heavy atom. The molecule has 3 heteroatoms. The summed E-state index contributed by atoms with van der Waals surface area (Å²) in [5, 5.41) is 0. The van der Waals surface area contributed by atoms with Gasteiger partial charge < -0.3 is 4.74 Å². The van der Waals surface area contributed by atoms with Gasteiger partial charge in [-0.1, -0.05) is 34.6 Å². The number of ether oxygens (including phenoxy) is 1. The number of rotatable bonds is 7. The van der Waals surface area contributed by atoms with E-state index in [0.717, 1.165) is 25.2 Å². The number of esters is 1. The molecule has 102 valence electrons. The molecule has 0 unspecified atom stereocenters. The normalized spacial score (nSPS) is 11.4. The summed E-state index contributed by atoms with van der Waals surface area (Å²) in [6, 6.07) is 0. The molecule has 0 heterocycles. The zero-order chi connectivity index (χ0) is 13.6. The molecule has 0 aliphatic rings. The van der Waals surface area contributed by atoms with Crippen LogP contribution in [0.4, 0.5) is 0 Å². The van der Waals surface area contributed by atoms with Crippen molar-refractivity contribution in [2.75, 3.05) is 0 Å². The van der Waals surface area contributed by atoms with E-state index < -0.39 is 0 Å². The van der Waals surface area contributed by atoms with E-state index in [2.05, 4.69) is 34.6 Å². The average molecular weight is 330 g/mol. The largest absolute Gasteiger partial charge is 3.00 e. The zero-order valence-corrected chi connectivity index (χ0v) is 16.0. The van der Waals surface area contributed by atoms with Crippen LogP contribution < -0.4 is 0 Å². The Bertz CT molecular complexity index is 227. The molecule has 0 atom stereocenters. The second-order valence-corrected chi connectivity index (χ2v) is 6.17. The summed E-state index contributed by atoms with van der Waals surface area (Å²) < 4.78 is 5.74. The predicted octanol–water partition coefficient (Wildman–Crippen LogP) is 4.38. The first kappa shape index (κ1) is 20.8. The fourth-order valence-corrected chi connectivity index (χ4v) is 2.35. The van der Waals surface area contributed by atoms with Crippen LogP contribution in [0.3, 0.4) is 0 Å². The standard InChI is InChI=1S/C15H29O2.Y/c1-8-13(6)14(16)17-15(7,9-11(2)3)10-12(4)5;/h11-12H,8-10H2,1-7H3;/q-1;+3. The van der Waals surface area contributed by atoms with Crippen molar-refractivity contribution in [1.29, 1.82) is 0 Å². The molecule has 0 fully saturated rings. The monoisotopic (exact) mass is 330 g/mol. The molecule has 0 radical (unpaired) electrons. The van der Waals surface area contributed by atoms with Gasteiger partial charge in [0.15, 0.2) is 5.97 Å². The van der Waals surface area contributed by atoms with Gasteiger partial charge in [-0.15, -0.1) is 0 Å². The van der Waals surface area contributed by atoms with Crippen molar-refractivity contribution in [3.8, 4) is 0 Å². The van der Waals surface area contributed by atoms with E-state index in [-0.39, 0.29) is 44.3 Å². The first-order chi connectivity index (χ1) is 7.70. The van der Waals surface area contributed by atoms with Crippen molar-refractivity contribution in [3.05, 3.63) is 5.92 Å². The van der Waals surface area contributed by atoms with E-state index >= 15 is 0 Å². The van der Waals surface area contributed by atoms with Crippen LogP contribution in [0.25, 0.3) is 0 Å². The Kier molecular flexibility index (Phi) is 10.8. The minimum absolute atomic E-state index is 0. The van der Waals surface area contributed by atoms with Gasteiger partial charge in [0, 0.05) is 0 Å². The van der Waals surface area contributed by atoms with Crippen LogP contribution in [0.5, 0.6) is 0 Å². The molecule has 0 saturated heterocycles. The minimum atomic E-state index is -0.324. The summed E-state index contributed by atoms with van der Waals surface area (Å²) >= 11 is 0. The van der Waals surface area contributed by atoms with Crippen molar-refractivity contribution in [2.45, 2.75) is 73.3 Å². The maximum absolute atomic E-state index is 11.9. The Labute approximate surface area is 139 Å². The maximum atomic E-state index is 11.9. The van der Waals surface area contributed by atoms with Gasteiger partial charge in [-0.3, -0.25) is 10.7 Å². The second-order valence-electron chi connectivity index (χ2n) is 6.17. The first-order valence-corrected chi connectivity index (χ1v) is 6.76. The smallest absolute Gasteiger partial charge is 0.482 e. The van der Waals surface area contributed by atoms with Gasteiger partial charge in [-0.25, -0.2) is 0 Å². The van der Waals surface area contributed by atoms with Gasteiger partial charge in [-0.05, 0) is 31.6 Å². The maximum Gasteiger partial charge on any atom is 3.00 e. The number of carbonyl (C=O) groups excluding carboxylic acids is 1. The van der Waals surface area contributed by atoms with Crippen LogP contribution in [0, 0.1) is 17.8 Å². The average Bonchev–Trinajstić information content (AvgIpc) is 2.12. The quantitative estimate of drug-likeness (QED) is 0.511. The Balaban J connectivity index is 0. The molecule has 0 spiro atoms. The van der Waals surface area contributed by atoms with Crippen molar-refractivity contribution < 1.29 is 42.2 Å².